The minimum atomic E-state index is 0.249. The molecule has 0 fully saturated rings. The Morgan fingerprint density at radius 3 is 2.57 bits per heavy atom. The van der Waals surface area contributed by atoms with E-state index < -0.39 is 0 Å². The molecule has 0 spiro atoms. The fourth-order valence-corrected chi connectivity index (χ4v) is 2.68. The smallest absolute Gasteiger partial charge is 0.133 e. The second kappa shape index (κ2) is 7.48. The molecule has 0 aromatic heterocycles. The van der Waals surface area contributed by atoms with Crippen LogP contribution >= 0.6 is 15.9 Å². The van der Waals surface area contributed by atoms with E-state index in [9.17, 15) is 0 Å². The second-order valence-electron chi connectivity index (χ2n) is 4.85. The molecular weight excluding hydrogens is 330 g/mol. The molecular formula is C17H20BrNO2. The number of benzene rings is 2. The van der Waals surface area contributed by atoms with Crippen molar-refractivity contribution in [2.24, 2.45) is 0 Å². The van der Waals surface area contributed by atoms with Crippen LogP contribution in [0.2, 0.25) is 0 Å². The molecule has 1 N–H and O–H groups in total. The van der Waals surface area contributed by atoms with Crippen LogP contribution < -0.4 is 14.8 Å². The molecule has 0 bridgehead atoms. The number of rotatable bonds is 6. The first-order valence-electron chi connectivity index (χ1n) is 6.83. The standard InChI is InChI=1S/C17H20BrNO2/c1-12(14-7-8-17(21-3)16(18)10-14)19-11-13-5-4-6-15(9-13)20-2/h4-10,12,19H,11H2,1-3H3. The minimum Gasteiger partial charge on any atom is -0.497 e. The molecule has 0 aliphatic heterocycles. The van der Waals surface area contributed by atoms with E-state index in [-0.39, 0.29) is 6.04 Å². The summed E-state index contributed by atoms with van der Waals surface area (Å²) in [6.07, 6.45) is 0. The van der Waals surface area contributed by atoms with Crippen LogP contribution in [0.1, 0.15) is 24.1 Å². The van der Waals surface area contributed by atoms with Crippen molar-refractivity contribution in [3.05, 3.63) is 58.1 Å². The summed E-state index contributed by atoms with van der Waals surface area (Å²) < 4.78 is 11.5. The number of ether oxygens (including phenoxy) is 2. The summed E-state index contributed by atoms with van der Waals surface area (Å²) in [5.41, 5.74) is 2.42. The monoisotopic (exact) mass is 349 g/mol. The maximum atomic E-state index is 5.25. The van der Waals surface area contributed by atoms with Gasteiger partial charge in [-0.25, -0.2) is 0 Å². The van der Waals surface area contributed by atoms with Crippen LogP contribution in [0.4, 0.5) is 0 Å². The van der Waals surface area contributed by atoms with Gasteiger partial charge in [-0.1, -0.05) is 18.2 Å². The van der Waals surface area contributed by atoms with Crippen molar-refractivity contribution < 1.29 is 9.47 Å². The van der Waals surface area contributed by atoms with Crippen LogP contribution in [0.25, 0.3) is 0 Å². The van der Waals surface area contributed by atoms with Crippen LogP contribution in [0, 0.1) is 0 Å². The number of hydrogen-bond donors (Lipinski definition) is 1. The van der Waals surface area contributed by atoms with Crippen LogP contribution in [0.15, 0.2) is 46.9 Å². The van der Waals surface area contributed by atoms with E-state index >= 15 is 0 Å². The SMILES string of the molecule is COc1cccc(CNC(C)c2ccc(OC)c(Br)c2)c1. The van der Waals surface area contributed by atoms with Gasteiger partial charge in [-0.3, -0.25) is 0 Å². The molecule has 21 heavy (non-hydrogen) atoms. The predicted octanol–water partition coefficient (Wildman–Crippen LogP) is 4.32. The van der Waals surface area contributed by atoms with Crippen molar-refractivity contribution in [3.8, 4) is 11.5 Å². The maximum absolute atomic E-state index is 5.25. The van der Waals surface area contributed by atoms with Crippen LogP contribution in [-0.2, 0) is 6.54 Å². The van der Waals surface area contributed by atoms with Crippen LogP contribution in [0.5, 0.6) is 11.5 Å². The summed E-state index contributed by atoms with van der Waals surface area (Å²) in [6.45, 7) is 2.94. The van der Waals surface area contributed by atoms with Gasteiger partial charge in [0.2, 0.25) is 0 Å². The van der Waals surface area contributed by atoms with Gasteiger partial charge in [0.1, 0.15) is 11.5 Å². The van der Waals surface area contributed by atoms with E-state index in [1.54, 1.807) is 14.2 Å². The van der Waals surface area contributed by atoms with Gasteiger partial charge in [-0.15, -0.1) is 0 Å². The third-order valence-electron chi connectivity index (χ3n) is 3.42. The Morgan fingerprint density at radius 1 is 1.10 bits per heavy atom. The summed E-state index contributed by atoms with van der Waals surface area (Å²) in [7, 11) is 3.36. The van der Waals surface area contributed by atoms with E-state index in [2.05, 4.69) is 46.4 Å². The Kier molecular flexibility index (Phi) is 5.65. The van der Waals surface area contributed by atoms with Crippen molar-refractivity contribution >= 4 is 15.9 Å². The zero-order valence-corrected chi connectivity index (χ0v) is 14.1. The van der Waals surface area contributed by atoms with Gasteiger partial charge in [0.15, 0.2) is 0 Å². The third kappa shape index (κ3) is 4.22. The molecule has 0 radical (unpaired) electrons. The molecule has 0 saturated heterocycles. The van der Waals surface area contributed by atoms with E-state index in [1.807, 2.05) is 24.3 Å². The second-order valence-corrected chi connectivity index (χ2v) is 5.70. The molecule has 2 rings (SSSR count). The molecule has 2 aromatic carbocycles. The Morgan fingerprint density at radius 2 is 1.90 bits per heavy atom. The Balaban J connectivity index is 2.00. The quantitative estimate of drug-likeness (QED) is 0.842. The molecule has 0 aliphatic rings. The van der Waals surface area contributed by atoms with Gasteiger partial charge in [-0.2, -0.15) is 0 Å². The molecule has 112 valence electrons. The first kappa shape index (κ1) is 15.9. The highest BCUT2D eigenvalue weighted by Gasteiger charge is 2.08. The summed E-state index contributed by atoms with van der Waals surface area (Å²) >= 11 is 3.52. The molecule has 0 saturated carbocycles. The normalized spacial score (nSPS) is 12.0. The molecule has 2 aromatic rings. The molecule has 0 heterocycles. The fourth-order valence-electron chi connectivity index (χ4n) is 2.12. The van der Waals surface area contributed by atoms with E-state index in [1.165, 1.54) is 11.1 Å². The van der Waals surface area contributed by atoms with Crippen LogP contribution in [0.3, 0.4) is 0 Å². The van der Waals surface area contributed by atoms with E-state index in [0.29, 0.717) is 0 Å². The van der Waals surface area contributed by atoms with Gasteiger partial charge >= 0.3 is 0 Å². The Hall–Kier alpha value is -1.52. The van der Waals surface area contributed by atoms with Crippen molar-refractivity contribution in [3.63, 3.8) is 0 Å². The number of halogens is 1. The van der Waals surface area contributed by atoms with Gasteiger partial charge in [0.05, 0.1) is 18.7 Å². The molecule has 0 amide bonds. The lowest BCUT2D eigenvalue weighted by Crippen LogP contribution is -2.18. The Bertz CT molecular complexity index is 601. The van der Waals surface area contributed by atoms with Gasteiger partial charge in [0.25, 0.3) is 0 Å². The van der Waals surface area contributed by atoms with Crippen molar-refractivity contribution in [2.45, 2.75) is 19.5 Å². The summed E-state index contributed by atoms with van der Waals surface area (Å²) in [5, 5.41) is 3.51. The predicted molar refractivity (Wildman–Crippen MR) is 88.9 cm³/mol. The largest absolute Gasteiger partial charge is 0.497 e. The highest BCUT2D eigenvalue weighted by molar-refractivity contribution is 9.10. The molecule has 1 unspecified atom stereocenters. The van der Waals surface area contributed by atoms with Crippen molar-refractivity contribution in [2.75, 3.05) is 14.2 Å². The van der Waals surface area contributed by atoms with Gasteiger partial charge < -0.3 is 14.8 Å². The molecule has 3 nitrogen and oxygen atoms in total. The van der Waals surface area contributed by atoms with E-state index in [0.717, 1.165) is 22.5 Å². The third-order valence-corrected chi connectivity index (χ3v) is 4.04. The lowest BCUT2D eigenvalue weighted by molar-refractivity contribution is 0.411. The van der Waals surface area contributed by atoms with Crippen LogP contribution in [-0.4, -0.2) is 14.2 Å². The summed E-state index contributed by atoms with van der Waals surface area (Å²) in [6, 6.07) is 14.5. The first-order chi connectivity index (χ1) is 10.1. The van der Waals surface area contributed by atoms with Gasteiger partial charge in [0, 0.05) is 12.6 Å². The van der Waals surface area contributed by atoms with E-state index in [4.69, 9.17) is 9.47 Å². The fraction of sp³-hybridized carbons (Fsp3) is 0.294. The lowest BCUT2D eigenvalue weighted by atomic mass is 10.1. The lowest BCUT2D eigenvalue weighted by Gasteiger charge is -2.16. The summed E-state index contributed by atoms with van der Waals surface area (Å²) in [5.74, 6) is 1.73. The maximum Gasteiger partial charge on any atom is 0.133 e. The molecule has 0 aliphatic carbocycles. The average molecular weight is 350 g/mol. The zero-order chi connectivity index (χ0) is 15.2. The van der Waals surface area contributed by atoms with Crippen molar-refractivity contribution in [1.29, 1.82) is 0 Å². The first-order valence-corrected chi connectivity index (χ1v) is 7.63. The van der Waals surface area contributed by atoms with Gasteiger partial charge in [-0.05, 0) is 58.2 Å². The zero-order valence-electron chi connectivity index (χ0n) is 12.5. The molecule has 4 heteroatoms. The number of methoxy groups -OCH3 is 2. The number of hydrogen-bond acceptors (Lipinski definition) is 3. The topological polar surface area (TPSA) is 30.5 Å². The average Bonchev–Trinajstić information content (AvgIpc) is 2.52. The summed E-state index contributed by atoms with van der Waals surface area (Å²) in [4.78, 5) is 0. The van der Waals surface area contributed by atoms with Crippen molar-refractivity contribution in [1.82, 2.24) is 5.32 Å². The molecule has 1 atom stereocenters. The Labute approximate surface area is 134 Å². The highest BCUT2D eigenvalue weighted by atomic mass is 79.9. The number of nitrogens with one attached hydrogen (secondary N) is 1. The minimum absolute atomic E-state index is 0.249. The highest BCUT2D eigenvalue weighted by Crippen LogP contribution is 2.28.